The summed E-state index contributed by atoms with van der Waals surface area (Å²) in [5, 5.41) is 20.2. The van der Waals surface area contributed by atoms with Crippen molar-refractivity contribution in [2.75, 3.05) is 13.7 Å². The molecule has 0 heterocycles. The predicted molar refractivity (Wildman–Crippen MR) is 64.8 cm³/mol. The molecular weight excluding hydrogens is 220 g/mol. The normalized spacial score (nSPS) is 31.8. The second-order valence-corrected chi connectivity index (χ2v) is 6.30. The molecule has 1 rings (SSSR count). The van der Waals surface area contributed by atoms with Gasteiger partial charge in [-0.2, -0.15) is 0 Å². The van der Waals surface area contributed by atoms with Crippen LogP contribution < -0.4 is 0 Å². The van der Waals surface area contributed by atoms with Crippen molar-refractivity contribution in [2.24, 2.45) is 10.8 Å². The molecule has 0 radical (unpaired) electrons. The highest BCUT2D eigenvalue weighted by Crippen LogP contribution is 2.49. The van der Waals surface area contributed by atoms with Gasteiger partial charge in [-0.3, -0.25) is 4.79 Å². The fourth-order valence-corrected chi connectivity index (χ4v) is 2.98. The van der Waals surface area contributed by atoms with Crippen molar-refractivity contribution in [3.8, 4) is 0 Å². The van der Waals surface area contributed by atoms with Crippen LogP contribution in [0.15, 0.2) is 0 Å². The maximum atomic E-state index is 11.5. The van der Waals surface area contributed by atoms with Crippen LogP contribution in [-0.2, 0) is 9.53 Å². The van der Waals surface area contributed by atoms with Gasteiger partial charge >= 0.3 is 5.97 Å². The fourth-order valence-electron chi connectivity index (χ4n) is 2.98. The fraction of sp³-hybridized carbons (Fsp3) is 0.923. The molecule has 2 unspecified atom stereocenters. The van der Waals surface area contributed by atoms with Gasteiger partial charge in [-0.15, -0.1) is 0 Å². The van der Waals surface area contributed by atoms with E-state index in [1.807, 2.05) is 0 Å². The van der Waals surface area contributed by atoms with E-state index in [0.29, 0.717) is 12.8 Å². The van der Waals surface area contributed by atoms with E-state index in [1.54, 1.807) is 6.92 Å². The standard InChI is InChI=1S/C13H24O4/c1-11(2)6-5-7-13(16,8-11)12(3,9-17-4)10(14)15/h16H,5-9H2,1-4H3,(H,14,15). The van der Waals surface area contributed by atoms with Gasteiger partial charge in [0.25, 0.3) is 0 Å². The lowest BCUT2D eigenvalue weighted by atomic mass is 9.60. The first kappa shape index (κ1) is 14.5. The molecule has 4 heteroatoms. The molecule has 0 aromatic carbocycles. The van der Waals surface area contributed by atoms with Crippen LogP contribution in [0.5, 0.6) is 0 Å². The van der Waals surface area contributed by atoms with Crippen LogP contribution in [0.3, 0.4) is 0 Å². The second kappa shape index (κ2) is 4.58. The predicted octanol–water partition coefficient (Wildman–Crippen LogP) is 2.05. The highest BCUT2D eigenvalue weighted by Gasteiger charge is 2.55. The van der Waals surface area contributed by atoms with Crippen molar-refractivity contribution >= 4 is 5.97 Å². The molecule has 0 amide bonds. The molecule has 0 spiro atoms. The second-order valence-electron chi connectivity index (χ2n) is 6.30. The summed E-state index contributed by atoms with van der Waals surface area (Å²) in [6, 6.07) is 0. The van der Waals surface area contributed by atoms with Crippen molar-refractivity contribution < 1.29 is 19.7 Å². The first-order valence-electron chi connectivity index (χ1n) is 6.12. The van der Waals surface area contributed by atoms with Crippen LogP contribution >= 0.6 is 0 Å². The molecule has 100 valence electrons. The number of hydrogen-bond acceptors (Lipinski definition) is 3. The molecule has 0 aliphatic heterocycles. The van der Waals surface area contributed by atoms with Gasteiger partial charge in [-0.25, -0.2) is 0 Å². The SMILES string of the molecule is COCC(C)(C(=O)O)C1(O)CCCC(C)(C)C1. The van der Waals surface area contributed by atoms with Gasteiger partial charge in [0.1, 0.15) is 5.41 Å². The van der Waals surface area contributed by atoms with Gasteiger partial charge in [0.15, 0.2) is 0 Å². The van der Waals surface area contributed by atoms with Crippen LogP contribution in [0.25, 0.3) is 0 Å². The molecule has 2 atom stereocenters. The molecular formula is C13H24O4. The summed E-state index contributed by atoms with van der Waals surface area (Å²) in [5.41, 5.74) is -2.44. The summed E-state index contributed by atoms with van der Waals surface area (Å²) in [6.45, 7) is 5.77. The van der Waals surface area contributed by atoms with E-state index in [0.717, 1.165) is 12.8 Å². The molecule has 1 aliphatic carbocycles. The number of rotatable bonds is 4. The Labute approximate surface area is 103 Å². The third-order valence-corrected chi connectivity index (χ3v) is 4.15. The Hall–Kier alpha value is -0.610. The average molecular weight is 244 g/mol. The van der Waals surface area contributed by atoms with Gasteiger partial charge in [0, 0.05) is 7.11 Å². The van der Waals surface area contributed by atoms with Crippen molar-refractivity contribution in [3.05, 3.63) is 0 Å². The molecule has 0 bridgehead atoms. The van der Waals surface area contributed by atoms with E-state index >= 15 is 0 Å². The molecule has 1 saturated carbocycles. The maximum absolute atomic E-state index is 11.5. The molecule has 1 aliphatic rings. The molecule has 2 N–H and O–H groups in total. The van der Waals surface area contributed by atoms with E-state index in [1.165, 1.54) is 7.11 Å². The number of aliphatic hydroxyl groups is 1. The highest BCUT2D eigenvalue weighted by atomic mass is 16.5. The third-order valence-electron chi connectivity index (χ3n) is 4.15. The minimum absolute atomic E-state index is 0.0164. The van der Waals surface area contributed by atoms with E-state index < -0.39 is 17.0 Å². The smallest absolute Gasteiger partial charge is 0.314 e. The number of hydrogen-bond donors (Lipinski definition) is 2. The van der Waals surface area contributed by atoms with Crippen LogP contribution in [0, 0.1) is 10.8 Å². The van der Waals surface area contributed by atoms with E-state index in [2.05, 4.69) is 13.8 Å². The lowest BCUT2D eigenvalue weighted by Gasteiger charge is -2.49. The van der Waals surface area contributed by atoms with Gasteiger partial charge in [0.2, 0.25) is 0 Å². The zero-order valence-corrected chi connectivity index (χ0v) is 11.2. The van der Waals surface area contributed by atoms with Crippen molar-refractivity contribution in [2.45, 2.75) is 52.1 Å². The summed E-state index contributed by atoms with van der Waals surface area (Å²) in [4.78, 5) is 11.5. The Bertz CT molecular complexity index is 300. The van der Waals surface area contributed by atoms with Crippen LogP contribution in [0.2, 0.25) is 0 Å². The first-order chi connectivity index (χ1) is 7.67. The number of methoxy groups -OCH3 is 1. The van der Waals surface area contributed by atoms with E-state index in [-0.39, 0.29) is 12.0 Å². The molecule has 17 heavy (non-hydrogen) atoms. The minimum Gasteiger partial charge on any atom is -0.481 e. The topological polar surface area (TPSA) is 66.8 Å². The average Bonchev–Trinajstić information content (AvgIpc) is 2.15. The van der Waals surface area contributed by atoms with Crippen molar-refractivity contribution in [1.82, 2.24) is 0 Å². The molecule has 4 nitrogen and oxygen atoms in total. The molecule has 0 saturated heterocycles. The zero-order valence-electron chi connectivity index (χ0n) is 11.2. The van der Waals surface area contributed by atoms with Crippen molar-refractivity contribution in [3.63, 3.8) is 0 Å². The van der Waals surface area contributed by atoms with Crippen LogP contribution in [-0.4, -0.2) is 35.5 Å². The zero-order chi connectivity index (χ0) is 13.3. The van der Waals surface area contributed by atoms with Crippen molar-refractivity contribution in [1.29, 1.82) is 0 Å². The molecule has 0 aromatic rings. The third kappa shape index (κ3) is 2.63. The Balaban J connectivity index is 3.04. The quantitative estimate of drug-likeness (QED) is 0.794. The lowest BCUT2D eigenvalue weighted by Crippen LogP contribution is -2.57. The Kier molecular flexibility index (Phi) is 3.89. The summed E-state index contributed by atoms with van der Waals surface area (Å²) >= 11 is 0. The van der Waals surface area contributed by atoms with Gasteiger partial charge < -0.3 is 14.9 Å². The highest BCUT2D eigenvalue weighted by molar-refractivity contribution is 5.76. The lowest BCUT2D eigenvalue weighted by molar-refractivity contribution is -0.187. The van der Waals surface area contributed by atoms with E-state index in [4.69, 9.17) is 4.74 Å². The monoisotopic (exact) mass is 244 g/mol. The number of carboxylic acid groups (broad SMARTS) is 1. The largest absolute Gasteiger partial charge is 0.481 e. The molecule has 1 fully saturated rings. The Morgan fingerprint density at radius 1 is 1.41 bits per heavy atom. The number of carbonyl (C=O) groups is 1. The first-order valence-corrected chi connectivity index (χ1v) is 6.12. The van der Waals surface area contributed by atoms with Gasteiger partial charge in [0.05, 0.1) is 12.2 Å². The summed E-state index contributed by atoms with van der Waals surface area (Å²) in [7, 11) is 1.47. The number of ether oxygens (including phenoxy) is 1. The number of aliphatic carboxylic acids is 1. The van der Waals surface area contributed by atoms with Gasteiger partial charge in [-0.1, -0.05) is 20.3 Å². The maximum Gasteiger partial charge on any atom is 0.314 e. The Morgan fingerprint density at radius 2 is 2.00 bits per heavy atom. The summed E-state index contributed by atoms with van der Waals surface area (Å²) in [5.74, 6) is -0.987. The van der Waals surface area contributed by atoms with Crippen LogP contribution in [0.1, 0.15) is 46.5 Å². The molecule has 0 aromatic heterocycles. The number of carboxylic acids is 1. The van der Waals surface area contributed by atoms with Gasteiger partial charge in [-0.05, 0) is 31.6 Å². The van der Waals surface area contributed by atoms with E-state index in [9.17, 15) is 15.0 Å². The Morgan fingerprint density at radius 3 is 2.41 bits per heavy atom. The summed E-state index contributed by atoms with van der Waals surface area (Å²) in [6.07, 6.45) is 2.92. The summed E-state index contributed by atoms with van der Waals surface area (Å²) < 4.78 is 5.01. The minimum atomic E-state index is -1.24. The van der Waals surface area contributed by atoms with Crippen LogP contribution in [0.4, 0.5) is 0 Å².